The molecule has 0 aromatic rings. The van der Waals surface area contributed by atoms with E-state index in [0.717, 1.165) is 0 Å². The minimum atomic E-state index is 0. The van der Waals surface area contributed by atoms with Crippen molar-refractivity contribution in [2.45, 2.75) is 0 Å². The maximum Gasteiger partial charge on any atom is 0 e. The topological polar surface area (TPSA) is 0 Å². The van der Waals surface area contributed by atoms with Crippen LogP contribution in [0.25, 0.3) is 0 Å². The summed E-state index contributed by atoms with van der Waals surface area (Å²) in [4.78, 5) is 0. The molecule has 0 N–H and O–H groups in total. The molecule has 0 aliphatic heterocycles. The van der Waals surface area contributed by atoms with E-state index in [1.54, 1.807) is 0 Å². The fourth-order valence-electron chi connectivity index (χ4n) is 0. The van der Waals surface area contributed by atoms with E-state index in [-0.39, 0.29) is 111 Å². The van der Waals surface area contributed by atoms with Crippen LogP contribution in [-0.2, 0) is 22.4 Å². The molecule has 1 unspecified atom stereocenters. The Morgan fingerprint density at radius 3 is 1.00 bits per heavy atom. The number of hydrogen-bond donors (Lipinski definition) is 0. The van der Waals surface area contributed by atoms with Crippen molar-refractivity contribution < 1.29 is 22.4 Å². The zero-order chi connectivity index (χ0) is 0. The standard InChI is InChI=1S/Ag.Ca.Na.H3P.Si/h;;;1H3;. The first-order valence-corrected chi connectivity index (χ1v) is 0. The second-order valence-corrected chi connectivity index (χ2v) is 0. The van der Waals surface area contributed by atoms with Gasteiger partial charge in [-0.1, -0.05) is 0 Å². The van der Waals surface area contributed by atoms with Crippen LogP contribution in [0.3, 0.4) is 0 Å². The van der Waals surface area contributed by atoms with Crippen LogP contribution in [0.15, 0.2) is 0 Å². The maximum atomic E-state index is 0. The van der Waals surface area contributed by atoms with Crippen LogP contribution in [0.1, 0.15) is 0 Å². The van der Waals surface area contributed by atoms with E-state index in [4.69, 9.17) is 0 Å². The second kappa shape index (κ2) is 25.4. The van der Waals surface area contributed by atoms with E-state index in [2.05, 4.69) is 0 Å². The quantitative estimate of drug-likeness (QED) is 0.368. The molecule has 0 amide bonds. The van der Waals surface area contributed by atoms with Crippen molar-refractivity contribution in [2.24, 2.45) is 0 Å². The third-order valence-corrected chi connectivity index (χ3v) is 0. The van der Waals surface area contributed by atoms with Gasteiger partial charge in [-0.3, -0.25) is 0 Å². The first-order chi connectivity index (χ1) is 0. The Bertz CT molecular complexity index is 11.6. The first kappa shape index (κ1) is 38.0. The number of hydrogen-bond acceptors (Lipinski definition) is 0. The number of rotatable bonds is 0. The summed E-state index contributed by atoms with van der Waals surface area (Å²) in [5, 5.41) is 0. The maximum absolute atomic E-state index is 0. The van der Waals surface area contributed by atoms with Gasteiger partial charge in [-0.15, -0.1) is 0 Å². The fourth-order valence-corrected chi connectivity index (χ4v) is 0. The molecule has 0 rings (SSSR count). The summed E-state index contributed by atoms with van der Waals surface area (Å²) in [6.07, 6.45) is 0. The molecule has 0 aromatic carbocycles. The van der Waals surface area contributed by atoms with Crippen molar-refractivity contribution in [3.63, 3.8) is 0 Å². The average molecular weight is 233 g/mol. The molecule has 5 heteroatoms. The van der Waals surface area contributed by atoms with Crippen molar-refractivity contribution in [1.29, 1.82) is 0 Å². The molecule has 26 valence electrons. The van der Waals surface area contributed by atoms with Crippen LogP contribution in [0, 0.1) is 0 Å². The van der Waals surface area contributed by atoms with E-state index < -0.39 is 0 Å². The molecule has 0 bridgehead atoms. The van der Waals surface area contributed by atoms with Crippen molar-refractivity contribution in [2.75, 3.05) is 0 Å². The molecule has 0 heterocycles. The smallest absolute Gasteiger partial charge is 0 e. The molecule has 0 aliphatic rings. The molecule has 8 radical (unpaired) electrons. The molecule has 0 fully saturated rings. The SMILES string of the molecule is P.[Ag].[Ca].[Na].[Si]. The van der Waals surface area contributed by atoms with Gasteiger partial charge in [0.2, 0.25) is 0 Å². The van der Waals surface area contributed by atoms with E-state index >= 15 is 0 Å². The van der Waals surface area contributed by atoms with Crippen LogP contribution in [0.5, 0.6) is 0 Å². The first-order valence-electron chi connectivity index (χ1n) is 0. The Labute approximate surface area is 108 Å². The molecule has 0 aliphatic carbocycles. The van der Waals surface area contributed by atoms with E-state index in [1.807, 2.05) is 0 Å². The van der Waals surface area contributed by atoms with Gasteiger partial charge in [-0.05, 0) is 0 Å². The van der Waals surface area contributed by atoms with Gasteiger partial charge in [0.15, 0.2) is 0 Å². The fraction of sp³-hybridized carbons (Fsp3) is 0. The van der Waals surface area contributed by atoms with E-state index in [0.29, 0.717) is 0 Å². The minimum Gasteiger partial charge on any atom is -0.153 e. The molecule has 0 saturated carbocycles. The molecule has 0 nitrogen and oxygen atoms in total. The molecular weight excluding hydrogens is 230 g/mol. The Kier molecular flexibility index (Phi) is 193. The van der Waals surface area contributed by atoms with Crippen molar-refractivity contribution in [1.82, 2.24) is 0 Å². The summed E-state index contributed by atoms with van der Waals surface area (Å²) >= 11 is 0. The molecule has 0 aromatic heterocycles. The van der Waals surface area contributed by atoms with Crippen molar-refractivity contribution in [3.05, 3.63) is 0 Å². The van der Waals surface area contributed by atoms with Gasteiger partial charge >= 0.3 is 0 Å². The van der Waals surface area contributed by atoms with Gasteiger partial charge < -0.3 is 0 Å². The van der Waals surface area contributed by atoms with Crippen LogP contribution in [0.2, 0.25) is 0 Å². The van der Waals surface area contributed by atoms with Crippen molar-refractivity contribution >= 4 is 88.2 Å². The van der Waals surface area contributed by atoms with Gasteiger partial charge in [-0.25, -0.2) is 0 Å². The van der Waals surface area contributed by atoms with Gasteiger partial charge in [0.25, 0.3) is 0 Å². The van der Waals surface area contributed by atoms with E-state index in [9.17, 15) is 0 Å². The molecule has 0 spiro atoms. The minimum absolute atomic E-state index is 0. The zero-order valence-corrected chi connectivity index (χ0v) is 11.3. The predicted molar refractivity (Wildman–Crippen MR) is 28.4 cm³/mol. The van der Waals surface area contributed by atoms with E-state index in [1.165, 1.54) is 0 Å². The van der Waals surface area contributed by atoms with Crippen LogP contribution in [-0.4, -0.2) is 78.3 Å². The van der Waals surface area contributed by atoms with Gasteiger partial charge in [0, 0.05) is 101 Å². The van der Waals surface area contributed by atoms with Gasteiger partial charge in [0.1, 0.15) is 0 Å². The summed E-state index contributed by atoms with van der Waals surface area (Å²) in [7, 11) is 0. The average Bonchev–Trinajstić information content (AvgIpc) is 0. The van der Waals surface area contributed by atoms with Gasteiger partial charge in [0.05, 0.1) is 0 Å². The normalized spacial score (nSPS) is 0. The van der Waals surface area contributed by atoms with Crippen LogP contribution >= 0.6 is 9.90 Å². The Balaban J connectivity index is 0. The third kappa shape index (κ3) is 18.3. The second-order valence-electron chi connectivity index (χ2n) is 0. The van der Waals surface area contributed by atoms with Crippen LogP contribution < -0.4 is 0 Å². The Morgan fingerprint density at radius 1 is 1.00 bits per heavy atom. The molecular formula is H3AgCaNaPSi. The molecule has 0 saturated heterocycles. The summed E-state index contributed by atoms with van der Waals surface area (Å²) in [6, 6.07) is 0. The summed E-state index contributed by atoms with van der Waals surface area (Å²) < 4.78 is 0. The Hall–Kier alpha value is 3.65. The Morgan fingerprint density at radius 2 is 1.00 bits per heavy atom. The summed E-state index contributed by atoms with van der Waals surface area (Å²) in [5.74, 6) is 0. The monoisotopic (exact) mass is 232 g/mol. The summed E-state index contributed by atoms with van der Waals surface area (Å²) in [6.45, 7) is 0. The molecule has 5 heavy (non-hydrogen) atoms. The van der Waals surface area contributed by atoms with Gasteiger partial charge in [-0.2, -0.15) is 9.90 Å². The zero-order valence-electron chi connectivity index (χ0n) is 3.22. The third-order valence-electron chi connectivity index (χ3n) is 0. The van der Waals surface area contributed by atoms with Crippen LogP contribution in [0.4, 0.5) is 0 Å². The predicted octanol–water partition coefficient (Wildman–Crippen LogP) is -1.09. The largest absolute Gasteiger partial charge is 0.153 e. The van der Waals surface area contributed by atoms with Crippen molar-refractivity contribution in [3.8, 4) is 0 Å². The molecule has 1 atom stereocenters. The summed E-state index contributed by atoms with van der Waals surface area (Å²) in [5.41, 5.74) is 0.